The van der Waals surface area contributed by atoms with Crippen molar-refractivity contribution < 1.29 is 34.8 Å². The van der Waals surface area contributed by atoms with Gasteiger partial charge in [-0.05, 0) is 48.5 Å². The quantitative estimate of drug-likeness (QED) is 0.194. The molecule has 0 unspecified atom stereocenters. The van der Waals surface area contributed by atoms with E-state index in [1.165, 1.54) is 24.3 Å². The molecule has 0 saturated carbocycles. The Hall–Kier alpha value is -2.13. The van der Waals surface area contributed by atoms with Gasteiger partial charge in [-0.2, -0.15) is 16.8 Å². The van der Waals surface area contributed by atoms with Crippen molar-refractivity contribution in [1.29, 1.82) is 0 Å². The molecule has 0 aliphatic carbocycles. The first-order valence-electron chi connectivity index (χ1n) is 9.89. The third kappa shape index (κ3) is 5.21. The van der Waals surface area contributed by atoms with E-state index in [9.17, 15) is 16.8 Å². The number of fused-ring (bicyclic) bond motifs is 6. The Morgan fingerprint density at radius 3 is 1.20 bits per heavy atom. The summed E-state index contributed by atoms with van der Waals surface area (Å²) in [6, 6.07) is 23.2. The summed E-state index contributed by atoms with van der Waals surface area (Å²) in [6.07, 6.45) is 0. The second-order valence-corrected chi connectivity index (χ2v) is 10.3. The normalized spacial score (nSPS) is 11.9. The molecule has 0 aliphatic rings. The zero-order chi connectivity index (χ0) is 24.1. The van der Waals surface area contributed by atoms with Crippen molar-refractivity contribution in [3.63, 3.8) is 0 Å². The van der Waals surface area contributed by atoms with Gasteiger partial charge in [0.15, 0.2) is 0 Å². The van der Waals surface area contributed by atoms with Gasteiger partial charge in [0.25, 0.3) is 20.2 Å². The summed E-state index contributed by atoms with van der Waals surface area (Å²) in [5.41, 5.74) is 2.57. The first kappa shape index (κ1) is 25.9. The maximum atomic E-state index is 11.1. The van der Waals surface area contributed by atoms with Crippen LogP contribution in [0.1, 0.15) is 0 Å². The monoisotopic (exact) mass is 634 g/mol. The largest absolute Gasteiger partial charge is 0.456 e. The second-order valence-electron chi connectivity index (χ2n) is 7.46. The Morgan fingerprint density at radius 2 is 0.829 bits per heavy atom. The van der Waals surface area contributed by atoms with Crippen molar-refractivity contribution in [3.8, 4) is 0 Å². The van der Waals surface area contributed by atoms with Crippen LogP contribution < -0.4 is 0 Å². The van der Waals surface area contributed by atoms with E-state index >= 15 is 0 Å². The maximum Gasteiger partial charge on any atom is 0.294 e. The van der Waals surface area contributed by atoms with Gasteiger partial charge in [0.05, 0.1) is 9.79 Å². The summed E-state index contributed by atoms with van der Waals surface area (Å²) in [4.78, 5) is -0.256. The smallest absolute Gasteiger partial charge is 0.294 e. The van der Waals surface area contributed by atoms with E-state index < -0.39 is 20.2 Å². The minimum absolute atomic E-state index is 0. The standard InChI is InChI=1S/2C12H8O4S.Ba/c2*13-17(14,15)8-5-6-12-10(7-8)9-3-1-2-4-11(9)16-12;/h2*1-7H,(H,13,14,15);. The van der Waals surface area contributed by atoms with E-state index in [1.54, 1.807) is 12.1 Å². The van der Waals surface area contributed by atoms with Gasteiger partial charge >= 0.3 is 0 Å². The average Bonchev–Trinajstić information content (AvgIpc) is 3.35. The van der Waals surface area contributed by atoms with Crippen molar-refractivity contribution in [2.24, 2.45) is 0 Å². The molecular formula is C24H16BaO8S2. The predicted octanol–water partition coefficient (Wildman–Crippen LogP) is 5.28. The molecule has 35 heavy (non-hydrogen) atoms. The number of hydrogen-bond acceptors (Lipinski definition) is 6. The van der Waals surface area contributed by atoms with Crippen LogP contribution in [0.4, 0.5) is 0 Å². The van der Waals surface area contributed by atoms with Crippen LogP contribution in [-0.2, 0) is 20.2 Å². The van der Waals surface area contributed by atoms with E-state index in [2.05, 4.69) is 0 Å². The van der Waals surface area contributed by atoms with Crippen LogP contribution in [0.5, 0.6) is 0 Å². The topological polar surface area (TPSA) is 135 Å². The van der Waals surface area contributed by atoms with E-state index in [-0.39, 0.29) is 58.7 Å². The van der Waals surface area contributed by atoms with Crippen LogP contribution in [0.15, 0.2) is 104 Å². The summed E-state index contributed by atoms with van der Waals surface area (Å²) in [6.45, 7) is 0. The molecule has 6 aromatic rings. The fourth-order valence-corrected chi connectivity index (χ4v) is 4.74. The predicted molar refractivity (Wildman–Crippen MR) is 133 cm³/mol. The van der Waals surface area contributed by atoms with Gasteiger partial charge in [0, 0.05) is 70.4 Å². The minimum Gasteiger partial charge on any atom is -0.456 e. The summed E-state index contributed by atoms with van der Waals surface area (Å²) >= 11 is 0. The summed E-state index contributed by atoms with van der Waals surface area (Å²) in [7, 11) is -8.36. The Kier molecular flexibility index (Phi) is 7.21. The molecule has 11 heteroatoms. The Morgan fingerprint density at radius 1 is 0.486 bits per heavy atom. The van der Waals surface area contributed by atoms with Gasteiger partial charge in [-0.1, -0.05) is 36.4 Å². The molecule has 2 radical (unpaired) electrons. The Bertz CT molecular complexity index is 1780. The number of hydrogen-bond donors (Lipinski definition) is 2. The van der Waals surface area contributed by atoms with Gasteiger partial charge in [-0.15, -0.1) is 0 Å². The molecular weight excluding hydrogens is 618 g/mol. The maximum absolute atomic E-state index is 11.1. The second kappa shape index (κ2) is 9.73. The molecule has 0 amide bonds. The van der Waals surface area contributed by atoms with Crippen LogP contribution >= 0.6 is 0 Å². The zero-order valence-electron chi connectivity index (χ0n) is 18.0. The van der Waals surface area contributed by atoms with Crippen LogP contribution in [0.2, 0.25) is 0 Å². The molecule has 0 aliphatic heterocycles. The minimum atomic E-state index is -4.18. The Balaban J connectivity index is 0.000000160. The molecule has 8 nitrogen and oxygen atoms in total. The van der Waals surface area contributed by atoms with E-state index in [0.29, 0.717) is 33.1 Å². The van der Waals surface area contributed by atoms with Crippen LogP contribution in [0, 0.1) is 0 Å². The van der Waals surface area contributed by atoms with E-state index in [1.807, 2.05) is 48.5 Å². The summed E-state index contributed by atoms with van der Waals surface area (Å²) in [5.74, 6) is 0. The molecule has 0 spiro atoms. The van der Waals surface area contributed by atoms with Gasteiger partial charge in [-0.25, -0.2) is 0 Å². The molecule has 0 saturated heterocycles. The molecule has 2 aromatic heterocycles. The van der Waals surface area contributed by atoms with Gasteiger partial charge in [0.1, 0.15) is 22.3 Å². The van der Waals surface area contributed by atoms with E-state index in [0.717, 1.165) is 10.8 Å². The van der Waals surface area contributed by atoms with Crippen LogP contribution in [-0.4, -0.2) is 74.8 Å². The number of para-hydroxylation sites is 2. The zero-order valence-corrected chi connectivity index (χ0v) is 24.0. The van der Waals surface area contributed by atoms with Crippen molar-refractivity contribution in [2.75, 3.05) is 0 Å². The van der Waals surface area contributed by atoms with Crippen LogP contribution in [0.3, 0.4) is 0 Å². The van der Waals surface area contributed by atoms with Gasteiger partial charge < -0.3 is 8.83 Å². The number of rotatable bonds is 2. The molecule has 0 fully saturated rings. The van der Waals surface area contributed by atoms with Crippen molar-refractivity contribution in [3.05, 3.63) is 84.9 Å². The molecule has 0 atom stereocenters. The molecule has 0 bridgehead atoms. The fourth-order valence-electron chi connectivity index (χ4n) is 3.73. The summed E-state index contributed by atoms with van der Waals surface area (Å²) in [5, 5.41) is 3.01. The molecule has 2 heterocycles. The molecule has 4 aromatic carbocycles. The SMILES string of the molecule is O=S(=O)(O)c1ccc2oc3ccccc3c2c1.O=S(=O)(O)c1ccc2oc3ccccc3c2c1.[Ba]. The van der Waals surface area contributed by atoms with Crippen molar-refractivity contribution in [2.45, 2.75) is 9.79 Å². The first-order valence-corrected chi connectivity index (χ1v) is 12.8. The van der Waals surface area contributed by atoms with Crippen molar-refractivity contribution >= 4 is 113 Å². The fraction of sp³-hybridized carbons (Fsp3) is 0. The van der Waals surface area contributed by atoms with Crippen LogP contribution in [0.25, 0.3) is 43.9 Å². The molecule has 6 rings (SSSR count). The summed E-state index contributed by atoms with van der Waals surface area (Å²) < 4.78 is 73.3. The third-order valence-electron chi connectivity index (χ3n) is 5.29. The number of benzene rings is 4. The molecule has 2 N–H and O–H groups in total. The van der Waals surface area contributed by atoms with Crippen molar-refractivity contribution in [1.82, 2.24) is 0 Å². The first-order chi connectivity index (χ1) is 16.1. The average molecular weight is 634 g/mol. The van der Waals surface area contributed by atoms with Gasteiger partial charge in [-0.3, -0.25) is 9.11 Å². The molecule has 174 valence electrons. The third-order valence-corrected chi connectivity index (χ3v) is 6.99. The Labute approximate surface area is 240 Å². The van der Waals surface area contributed by atoms with Gasteiger partial charge in [0.2, 0.25) is 0 Å². The van der Waals surface area contributed by atoms with E-state index in [4.69, 9.17) is 17.9 Å². The number of furan rings is 2.